The summed E-state index contributed by atoms with van der Waals surface area (Å²) in [5, 5.41) is 3.88. The molecule has 0 saturated heterocycles. The Morgan fingerprint density at radius 2 is 1.59 bits per heavy atom. The molecule has 4 aromatic carbocycles. The van der Waals surface area contributed by atoms with Gasteiger partial charge in [-0.25, -0.2) is 0 Å². The first-order chi connectivity index (χ1) is 19.0. The van der Waals surface area contributed by atoms with Crippen molar-refractivity contribution in [3.05, 3.63) is 65.7 Å². The Balaban J connectivity index is 1.44. The van der Waals surface area contributed by atoms with Gasteiger partial charge in [0.05, 0.1) is 28.4 Å². The summed E-state index contributed by atoms with van der Waals surface area (Å²) in [4.78, 5) is 14.6. The highest BCUT2D eigenvalue weighted by molar-refractivity contribution is 6.13. The predicted molar refractivity (Wildman–Crippen MR) is 151 cm³/mol. The lowest BCUT2D eigenvalue weighted by atomic mass is 9.95. The molecule has 0 fully saturated rings. The normalized spacial score (nSPS) is 12.2. The first-order valence-corrected chi connectivity index (χ1v) is 12.5. The van der Waals surface area contributed by atoms with Crippen LogP contribution in [0.3, 0.4) is 0 Å². The third-order valence-corrected chi connectivity index (χ3v) is 6.96. The Labute approximate surface area is 227 Å². The third kappa shape index (κ3) is 4.97. The minimum atomic E-state index is -0.0975. The second kappa shape index (κ2) is 11.0. The fourth-order valence-electron chi connectivity index (χ4n) is 4.86. The van der Waals surface area contributed by atoms with Crippen LogP contribution in [0.5, 0.6) is 34.5 Å². The highest BCUT2D eigenvalue weighted by Crippen LogP contribution is 2.44. The van der Waals surface area contributed by atoms with E-state index in [-0.39, 0.29) is 12.7 Å². The second-order valence-corrected chi connectivity index (χ2v) is 9.14. The highest BCUT2D eigenvalue weighted by Gasteiger charge is 2.19. The molecule has 1 heterocycles. The van der Waals surface area contributed by atoms with Crippen molar-refractivity contribution < 1.29 is 33.2 Å². The summed E-state index contributed by atoms with van der Waals surface area (Å²) in [6, 6.07) is 15.6. The van der Waals surface area contributed by atoms with Gasteiger partial charge < -0.3 is 33.3 Å². The van der Waals surface area contributed by atoms with Crippen LogP contribution in [0.2, 0.25) is 0 Å². The van der Waals surface area contributed by atoms with Crippen molar-refractivity contribution in [2.75, 3.05) is 48.8 Å². The van der Waals surface area contributed by atoms with Crippen molar-refractivity contribution in [1.82, 2.24) is 4.90 Å². The zero-order valence-electron chi connectivity index (χ0n) is 22.7. The molecule has 8 heteroatoms. The highest BCUT2D eigenvalue weighted by atomic mass is 16.7. The maximum absolute atomic E-state index is 12.9. The molecule has 1 aliphatic rings. The van der Waals surface area contributed by atoms with Crippen LogP contribution in [0.15, 0.2) is 54.6 Å². The van der Waals surface area contributed by atoms with Crippen LogP contribution in [0.4, 0.5) is 0 Å². The molecular formula is C31H31NO7. The van der Waals surface area contributed by atoms with Gasteiger partial charge in [0.2, 0.25) is 12.7 Å². The lowest BCUT2D eigenvalue weighted by Gasteiger charge is -2.20. The minimum absolute atomic E-state index is 0.0975. The van der Waals surface area contributed by atoms with Crippen molar-refractivity contribution in [1.29, 1.82) is 0 Å². The van der Waals surface area contributed by atoms with Gasteiger partial charge in [0.15, 0.2) is 34.5 Å². The summed E-state index contributed by atoms with van der Waals surface area (Å²) in [6.45, 7) is 0.728. The molecule has 5 rings (SSSR count). The third-order valence-electron chi connectivity index (χ3n) is 6.96. The van der Waals surface area contributed by atoms with E-state index in [0.717, 1.165) is 32.7 Å². The molecule has 0 bridgehead atoms. The number of fused-ring (bicyclic) bond motifs is 4. The molecule has 0 N–H and O–H groups in total. The summed E-state index contributed by atoms with van der Waals surface area (Å²) in [5.74, 6) is 3.85. The summed E-state index contributed by atoms with van der Waals surface area (Å²) < 4.78 is 33.4. The molecule has 202 valence electrons. The maximum Gasteiger partial charge on any atom is 0.246 e. The van der Waals surface area contributed by atoms with Gasteiger partial charge in [0, 0.05) is 25.1 Å². The van der Waals surface area contributed by atoms with Gasteiger partial charge in [-0.1, -0.05) is 18.2 Å². The van der Waals surface area contributed by atoms with E-state index in [0.29, 0.717) is 47.5 Å². The fraction of sp³-hybridized carbons (Fsp3) is 0.258. The number of carbonyl (C=O) groups is 1. The molecule has 1 aliphatic heterocycles. The van der Waals surface area contributed by atoms with Crippen molar-refractivity contribution >= 4 is 33.5 Å². The summed E-state index contributed by atoms with van der Waals surface area (Å²) >= 11 is 0. The number of amides is 1. The molecule has 8 nitrogen and oxygen atoms in total. The average molecular weight is 530 g/mol. The first-order valence-electron chi connectivity index (χ1n) is 12.5. The quantitative estimate of drug-likeness (QED) is 0.210. The van der Waals surface area contributed by atoms with Crippen LogP contribution in [-0.2, 0) is 11.2 Å². The molecule has 0 aromatic heterocycles. The van der Waals surface area contributed by atoms with Gasteiger partial charge in [-0.3, -0.25) is 4.79 Å². The van der Waals surface area contributed by atoms with Crippen molar-refractivity contribution in [3.63, 3.8) is 0 Å². The second-order valence-electron chi connectivity index (χ2n) is 9.14. The molecule has 0 spiro atoms. The number of methoxy groups -OCH3 is 4. The Hall–Kier alpha value is -4.59. The van der Waals surface area contributed by atoms with Gasteiger partial charge in [-0.2, -0.15) is 0 Å². The topological polar surface area (TPSA) is 75.7 Å². The SMILES string of the molecule is COc1cc2ccc3c(CCN(C)C(=O)C=Cc4ccc5c(c4)OCO5)cc(OC)c(OC)c3c2cc1OC. The van der Waals surface area contributed by atoms with Gasteiger partial charge in [0.25, 0.3) is 0 Å². The predicted octanol–water partition coefficient (Wildman–Crippen LogP) is 5.47. The number of hydrogen-bond donors (Lipinski definition) is 0. The van der Waals surface area contributed by atoms with E-state index < -0.39 is 0 Å². The molecule has 0 atom stereocenters. The smallest absolute Gasteiger partial charge is 0.246 e. The van der Waals surface area contributed by atoms with Gasteiger partial charge in [-0.15, -0.1) is 0 Å². The van der Waals surface area contributed by atoms with Crippen LogP contribution in [0, 0.1) is 0 Å². The van der Waals surface area contributed by atoms with E-state index in [1.54, 1.807) is 52.5 Å². The average Bonchev–Trinajstić information content (AvgIpc) is 3.45. The van der Waals surface area contributed by atoms with Crippen LogP contribution >= 0.6 is 0 Å². The standard InChI is InChI=1S/C31H31NO7/c1-32(29(33)11-7-19-6-10-24-27(14-19)39-18-38-24)13-12-21-16-28(36-4)31(37-5)30-22(21)9-8-20-15-25(34-2)26(35-3)17-23(20)30/h6-11,14-17H,12-13,18H2,1-5H3. The Bertz CT molecular complexity index is 1580. The van der Waals surface area contributed by atoms with Crippen LogP contribution in [0.25, 0.3) is 27.6 Å². The number of likely N-dealkylation sites (N-methyl/N-ethyl adjacent to an activating group) is 1. The lowest BCUT2D eigenvalue weighted by molar-refractivity contribution is -0.124. The number of ether oxygens (including phenoxy) is 6. The van der Waals surface area contributed by atoms with Crippen LogP contribution in [-0.4, -0.2) is 59.6 Å². The van der Waals surface area contributed by atoms with E-state index in [1.807, 2.05) is 36.4 Å². The zero-order chi connectivity index (χ0) is 27.5. The summed E-state index contributed by atoms with van der Waals surface area (Å²) in [5.41, 5.74) is 1.91. The zero-order valence-corrected chi connectivity index (χ0v) is 22.7. The minimum Gasteiger partial charge on any atom is -0.493 e. The van der Waals surface area contributed by atoms with E-state index >= 15 is 0 Å². The molecule has 0 saturated carbocycles. The Morgan fingerprint density at radius 3 is 2.33 bits per heavy atom. The lowest BCUT2D eigenvalue weighted by Crippen LogP contribution is -2.27. The van der Waals surface area contributed by atoms with Gasteiger partial charge >= 0.3 is 0 Å². The molecule has 0 radical (unpaired) electrons. The summed E-state index contributed by atoms with van der Waals surface area (Å²) in [6.07, 6.45) is 3.97. The monoisotopic (exact) mass is 529 g/mol. The van der Waals surface area contributed by atoms with Crippen LogP contribution in [0.1, 0.15) is 11.1 Å². The number of rotatable bonds is 9. The molecule has 0 unspecified atom stereocenters. The van der Waals surface area contributed by atoms with E-state index in [1.165, 1.54) is 0 Å². The Morgan fingerprint density at radius 1 is 0.846 bits per heavy atom. The van der Waals surface area contributed by atoms with Crippen molar-refractivity contribution in [2.24, 2.45) is 0 Å². The summed E-state index contributed by atoms with van der Waals surface area (Å²) in [7, 11) is 8.29. The number of carbonyl (C=O) groups excluding carboxylic acids is 1. The largest absolute Gasteiger partial charge is 0.493 e. The molecule has 4 aromatic rings. The fourth-order valence-corrected chi connectivity index (χ4v) is 4.86. The van der Waals surface area contributed by atoms with Gasteiger partial charge in [0.1, 0.15) is 0 Å². The molecule has 1 amide bonds. The van der Waals surface area contributed by atoms with Crippen molar-refractivity contribution in [2.45, 2.75) is 6.42 Å². The van der Waals surface area contributed by atoms with Gasteiger partial charge in [-0.05, 0) is 70.1 Å². The van der Waals surface area contributed by atoms with E-state index in [2.05, 4.69) is 12.1 Å². The van der Waals surface area contributed by atoms with E-state index in [9.17, 15) is 4.79 Å². The Kier molecular flexibility index (Phi) is 7.36. The van der Waals surface area contributed by atoms with E-state index in [4.69, 9.17) is 28.4 Å². The van der Waals surface area contributed by atoms with Crippen molar-refractivity contribution in [3.8, 4) is 34.5 Å². The number of benzene rings is 4. The number of nitrogens with zero attached hydrogens (tertiary/aromatic N) is 1. The molecule has 0 aliphatic carbocycles. The van der Waals surface area contributed by atoms with Crippen LogP contribution < -0.4 is 28.4 Å². The first kappa shape index (κ1) is 26.0. The molecule has 39 heavy (non-hydrogen) atoms. The maximum atomic E-state index is 12.9. The number of hydrogen-bond acceptors (Lipinski definition) is 7. The molecular weight excluding hydrogens is 498 g/mol.